The van der Waals surface area contributed by atoms with E-state index in [4.69, 9.17) is 37.6 Å². The first-order chi connectivity index (χ1) is 32.5. The summed E-state index contributed by atoms with van der Waals surface area (Å²) in [6.07, 6.45) is 12.4. The third-order valence-corrected chi connectivity index (χ3v) is 16.1. The molecule has 2 amide bonds. The molecule has 4 aromatic carbocycles. The molecular weight excluding hydrogens is 958 g/mol. The monoisotopic (exact) mass is 1020 g/mol. The Bertz CT molecular complexity index is 2820. The second-order valence-electron chi connectivity index (χ2n) is 20.4. The summed E-state index contributed by atoms with van der Waals surface area (Å²) >= 11 is 15.2. The standard InChI is InChI=1S/C24H24ClN3O.C22H29BClNO3.C8H7BrN2/c1-28-22-5-3-2-4-21(22)24(27-28)18-13-16-10-15(11-17(16)14-18)12-23(29)26-20-8-6-19(25)7-9-20;1-21(2)22(3,4)28-23(27-21)17-12-15-9-14(10-16(15)13-17)11-20(26)25-19-7-5-18(24)6-8-19;1-11-7-5-3-2-4-6(7)8(9)10-11/h2-9,13,15-17H,10-12,14H2,1H3,(H,26,29);5-8,12,14-16H,9-11,13H2,1-4H3,(H,25,26);2-5H,1H3/t15-,16-,17+;14-,15-,16+;/m00./s1. The smallest absolute Gasteiger partial charge is 0.400 e. The lowest BCUT2D eigenvalue weighted by atomic mass is 9.76. The maximum absolute atomic E-state index is 12.4. The van der Waals surface area contributed by atoms with Crippen molar-refractivity contribution in [2.24, 2.45) is 49.6 Å². The van der Waals surface area contributed by atoms with Crippen molar-refractivity contribution in [3.8, 4) is 0 Å². The minimum absolute atomic E-state index is 0.0856. The van der Waals surface area contributed by atoms with E-state index in [0.29, 0.717) is 58.4 Å². The quantitative estimate of drug-likeness (QED) is 0.147. The third kappa shape index (κ3) is 10.7. The normalized spacial score (nSPS) is 24.1. The first kappa shape index (κ1) is 48.3. The van der Waals surface area contributed by atoms with Gasteiger partial charge in [0.2, 0.25) is 11.8 Å². The van der Waals surface area contributed by atoms with Crippen LogP contribution in [0.1, 0.15) is 84.8 Å². The van der Waals surface area contributed by atoms with Gasteiger partial charge in [-0.05, 0) is 189 Å². The highest BCUT2D eigenvalue weighted by Gasteiger charge is 2.54. The number of nitrogens with one attached hydrogen (secondary N) is 2. The van der Waals surface area contributed by atoms with Gasteiger partial charge >= 0.3 is 7.12 Å². The van der Waals surface area contributed by atoms with Crippen molar-refractivity contribution in [1.29, 1.82) is 0 Å². The number of benzene rings is 4. The Hall–Kier alpha value is -4.72. The van der Waals surface area contributed by atoms with Crippen LogP contribution in [0.15, 0.2) is 119 Å². The molecule has 14 heteroatoms. The molecule has 354 valence electrons. The van der Waals surface area contributed by atoms with E-state index in [1.54, 1.807) is 24.3 Å². The van der Waals surface area contributed by atoms with Crippen molar-refractivity contribution in [2.45, 2.75) is 90.3 Å². The molecule has 2 saturated carbocycles. The molecule has 1 aliphatic heterocycles. The van der Waals surface area contributed by atoms with Crippen LogP contribution < -0.4 is 10.6 Å². The predicted molar refractivity (Wildman–Crippen MR) is 279 cm³/mol. The minimum atomic E-state index is -0.293. The second-order valence-corrected chi connectivity index (χ2v) is 22.0. The number of hydrogen-bond acceptors (Lipinski definition) is 6. The minimum Gasteiger partial charge on any atom is -0.400 e. The van der Waals surface area contributed by atoms with Crippen LogP contribution in [0.4, 0.5) is 11.4 Å². The number of nitrogens with zero attached hydrogens (tertiary/aromatic N) is 4. The van der Waals surface area contributed by atoms with Crippen LogP contribution in [0, 0.1) is 35.5 Å². The molecular formula is C54H60BBrCl2N6O4. The molecule has 0 radical (unpaired) electrons. The summed E-state index contributed by atoms with van der Waals surface area (Å²) in [7, 11) is 3.73. The van der Waals surface area contributed by atoms with Gasteiger partial charge in [-0.25, -0.2) is 0 Å². The van der Waals surface area contributed by atoms with Gasteiger partial charge in [-0.15, -0.1) is 0 Å². The average molecular weight is 1020 g/mol. The van der Waals surface area contributed by atoms with Crippen molar-refractivity contribution >= 4 is 96.8 Å². The number of amides is 2. The predicted octanol–water partition coefficient (Wildman–Crippen LogP) is 13.3. The molecule has 68 heavy (non-hydrogen) atoms. The molecule has 3 heterocycles. The maximum Gasteiger partial charge on any atom is 0.490 e. The number of rotatable bonds is 8. The van der Waals surface area contributed by atoms with Crippen LogP contribution in [0.5, 0.6) is 0 Å². The SMILES string of the molecule is CC1(C)OB(C2=C[C@@H]3C[C@H](CC(=O)Nc4ccc(Cl)cc4)C[C@@H]3C2)OC1(C)C.Cn1nc(Br)c2ccccc21.Cn1nc(C2=C[C@@H]3C[C@H](CC(=O)Nc4ccc(Cl)cc4)C[C@@H]3C2)c2ccccc21. The summed E-state index contributed by atoms with van der Waals surface area (Å²) in [4.78, 5) is 24.8. The Morgan fingerprint density at radius 3 is 1.65 bits per heavy atom. The lowest BCUT2D eigenvalue weighted by molar-refractivity contribution is -0.117. The van der Waals surface area contributed by atoms with Gasteiger partial charge < -0.3 is 19.9 Å². The lowest BCUT2D eigenvalue weighted by Crippen LogP contribution is -2.41. The van der Waals surface area contributed by atoms with Crippen molar-refractivity contribution in [1.82, 2.24) is 19.6 Å². The van der Waals surface area contributed by atoms with Crippen LogP contribution in [-0.2, 0) is 33.0 Å². The van der Waals surface area contributed by atoms with E-state index in [9.17, 15) is 9.59 Å². The van der Waals surface area contributed by atoms with Crippen LogP contribution in [-0.4, -0.2) is 49.7 Å². The summed E-state index contributed by atoms with van der Waals surface area (Å²) in [5, 5.41) is 18.7. The molecule has 2 aromatic heterocycles. The number of anilines is 2. The van der Waals surface area contributed by atoms with E-state index in [2.05, 4.69) is 95.8 Å². The van der Waals surface area contributed by atoms with E-state index in [1.165, 1.54) is 21.9 Å². The zero-order chi connectivity index (χ0) is 47.9. The first-order valence-electron chi connectivity index (χ1n) is 23.9. The van der Waals surface area contributed by atoms with Crippen molar-refractivity contribution in [3.63, 3.8) is 0 Å². The highest BCUT2D eigenvalue weighted by atomic mass is 79.9. The molecule has 6 aromatic rings. The molecule has 3 fully saturated rings. The molecule has 10 nitrogen and oxygen atoms in total. The average Bonchev–Trinajstić information content (AvgIpc) is 4.16. The van der Waals surface area contributed by atoms with Gasteiger partial charge in [0.15, 0.2) is 0 Å². The summed E-state index contributed by atoms with van der Waals surface area (Å²) in [5.74, 6) is 3.44. The van der Waals surface area contributed by atoms with E-state index < -0.39 is 0 Å². The molecule has 0 bridgehead atoms. The van der Waals surface area contributed by atoms with Gasteiger partial charge in [0.25, 0.3) is 0 Å². The van der Waals surface area contributed by atoms with E-state index >= 15 is 0 Å². The molecule has 4 aliphatic carbocycles. The summed E-state index contributed by atoms with van der Waals surface area (Å²) in [6, 6.07) is 31.1. The van der Waals surface area contributed by atoms with Crippen LogP contribution in [0.3, 0.4) is 0 Å². The number of aryl methyl sites for hydroxylation is 2. The van der Waals surface area contributed by atoms with Gasteiger partial charge in [0.05, 0.1) is 27.9 Å². The highest BCUT2D eigenvalue weighted by Crippen LogP contribution is 2.51. The Labute approximate surface area is 418 Å². The number of aromatic nitrogens is 4. The summed E-state index contributed by atoms with van der Waals surface area (Å²) < 4.78 is 17.2. The van der Waals surface area contributed by atoms with Crippen molar-refractivity contribution in [2.75, 3.05) is 10.6 Å². The van der Waals surface area contributed by atoms with E-state index in [0.717, 1.165) is 71.1 Å². The Kier molecular flexibility index (Phi) is 14.2. The lowest BCUT2D eigenvalue weighted by Gasteiger charge is -2.32. The van der Waals surface area contributed by atoms with Crippen LogP contribution >= 0.6 is 39.1 Å². The summed E-state index contributed by atoms with van der Waals surface area (Å²) in [5.41, 5.74) is 7.15. The molecule has 1 saturated heterocycles. The largest absolute Gasteiger partial charge is 0.490 e. The third-order valence-electron chi connectivity index (χ3n) is 15.1. The topological polar surface area (TPSA) is 112 Å². The Morgan fingerprint density at radius 1 is 0.662 bits per heavy atom. The van der Waals surface area contributed by atoms with Gasteiger partial charge in [-0.2, -0.15) is 10.2 Å². The number of para-hydroxylation sites is 2. The number of halogens is 3. The fourth-order valence-corrected chi connectivity index (χ4v) is 11.8. The van der Waals surface area contributed by atoms with Crippen LogP contribution in [0.2, 0.25) is 10.0 Å². The zero-order valence-electron chi connectivity index (χ0n) is 39.6. The molecule has 0 unspecified atom stereocenters. The Morgan fingerprint density at radius 2 is 1.13 bits per heavy atom. The highest BCUT2D eigenvalue weighted by molar-refractivity contribution is 9.10. The zero-order valence-corrected chi connectivity index (χ0v) is 42.7. The van der Waals surface area contributed by atoms with Crippen molar-refractivity contribution in [3.05, 3.63) is 135 Å². The van der Waals surface area contributed by atoms with Crippen LogP contribution in [0.25, 0.3) is 27.4 Å². The molecule has 2 N–H and O–H groups in total. The van der Waals surface area contributed by atoms with Gasteiger partial charge in [0.1, 0.15) is 4.60 Å². The molecule has 11 rings (SSSR count). The van der Waals surface area contributed by atoms with Gasteiger partial charge in [0, 0.05) is 59.1 Å². The number of allylic oxidation sites excluding steroid dienone is 4. The fourth-order valence-electron chi connectivity index (χ4n) is 11.0. The number of carbonyl (C=O) groups is 2. The number of fused-ring (bicyclic) bond motifs is 4. The fraction of sp³-hybridized carbons (Fsp3) is 0.407. The number of carbonyl (C=O) groups excluding carboxylic acids is 2. The molecule has 6 atom stereocenters. The summed E-state index contributed by atoms with van der Waals surface area (Å²) in [6.45, 7) is 8.38. The Balaban J connectivity index is 0.000000139. The van der Waals surface area contributed by atoms with Crippen molar-refractivity contribution < 1.29 is 18.9 Å². The number of hydrogen-bond donors (Lipinski definition) is 2. The first-order valence-corrected chi connectivity index (χ1v) is 25.4. The molecule has 0 spiro atoms. The maximum atomic E-state index is 12.4. The van der Waals surface area contributed by atoms with Gasteiger partial charge in [-0.3, -0.25) is 19.0 Å². The molecule has 5 aliphatic rings. The van der Waals surface area contributed by atoms with E-state index in [1.807, 2.05) is 72.0 Å². The van der Waals surface area contributed by atoms with Gasteiger partial charge in [-0.1, -0.05) is 71.8 Å². The van der Waals surface area contributed by atoms with E-state index in [-0.39, 0.29) is 30.1 Å². The second kappa shape index (κ2) is 20.0.